The third kappa shape index (κ3) is 43.6. The lowest BCUT2D eigenvalue weighted by Gasteiger charge is -2.08. The molecule has 0 saturated carbocycles. The first-order chi connectivity index (χ1) is 14.9. The molecule has 0 amide bonds. The topological polar surface area (TPSA) is 0 Å². The van der Waals surface area contributed by atoms with Gasteiger partial charge < -0.3 is 0 Å². The maximum Gasteiger partial charge on any atom is -0.0294 e. The van der Waals surface area contributed by atoms with E-state index in [0.717, 1.165) is 25.2 Å². The molecule has 0 radical (unpaired) electrons. The Kier molecular flexibility index (Phi) is 51.3. The van der Waals surface area contributed by atoms with Crippen molar-refractivity contribution in [1.29, 1.82) is 0 Å². The van der Waals surface area contributed by atoms with Crippen molar-refractivity contribution in [2.24, 2.45) is 5.92 Å². The molecule has 0 spiro atoms. The summed E-state index contributed by atoms with van der Waals surface area (Å²) in [5.41, 5.74) is 4.24. The van der Waals surface area contributed by atoms with E-state index >= 15 is 0 Å². The summed E-state index contributed by atoms with van der Waals surface area (Å²) in [5.74, 6) is 0.765. The van der Waals surface area contributed by atoms with E-state index in [1.54, 1.807) is 0 Å². The molecule has 0 N–H and O–H groups in total. The Morgan fingerprint density at radius 3 is 1.58 bits per heavy atom. The zero-order chi connectivity index (χ0) is 25.5. The van der Waals surface area contributed by atoms with Gasteiger partial charge in [0.15, 0.2) is 0 Å². The number of rotatable bonds is 14. The second-order valence-corrected chi connectivity index (χ2v) is 7.51. The molecule has 0 rings (SSSR count). The highest BCUT2D eigenvalue weighted by Crippen LogP contribution is 2.16. The molecule has 0 aromatic rings. The molecule has 0 nitrogen and oxygen atoms in total. The van der Waals surface area contributed by atoms with E-state index in [2.05, 4.69) is 60.4 Å². The van der Waals surface area contributed by atoms with Crippen LogP contribution in [-0.4, -0.2) is 0 Å². The minimum absolute atomic E-state index is 0.765. The second-order valence-electron chi connectivity index (χ2n) is 7.51. The van der Waals surface area contributed by atoms with E-state index in [4.69, 9.17) is 0 Å². The lowest BCUT2D eigenvalue weighted by Crippen LogP contribution is -1.91. The lowest BCUT2D eigenvalue weighted by atomic mass is 9.98. The molecule has 0 saturated heterocycles. The van der Waals surface area contributed by atoms with Gasteiger partial charge in [-0.3, -0.25) is 0 Å². The fraction of sp³-hybridized carbons (Fsp3) is 0.742. The zero-order valence-corrected chi connectivity index (χ0v) is 24.1. The Hall–Kier alpha value is -1.04. The smallest absolute Gasteiger partial charge is 0.0294 e. The minimum atomic E-state index is 0.765. The number of hydrogen-bond acceptors (Lipinski definition) is 0. The molecule has 0 unspecified atom stereocenters. The zero-order valence-electron chi connectivity index (χ0n) is 24.1. The van der Waals surface area contributed by atoms with Gasteiger partial charge in [-0.05, 0) is 63.7 Å². The summed E-state index contributed by atoms with van der Waals surface area (Å²) in [6.07, 6.45) is 17.9. The van der Waals surface area contributed by atoms with Crippen molar-refractivity contribution in [1.82, 2.24) is 0 Å². The SMILES string of the molecule is C=C(/C=C(\CC)CC(C)C)CC.C=CCCCCC(=C)CCCCC.CC.CC.CC. The molecule has 0 aliphatic carbocycles. The van der Waals surface area contributed by atoms with Crippen LogP contribution in [0.5, 0.6) is 0 Å². The summed E-state index contributed by atoms with van der Waals surface area (Å²) in [4.78, 5) is 0. The molecule has 188 valence electrons. The van der Waals surface area contributed by atoms with Gasteiger partial charge in [-0.15, -0.1) is 6.58 Å². The molecule has 0 atom stereocenters. The molecule has 0 heteroatoms. The standard InChI is InChI=1S/C13H24.C12H22.3C2H6/c1-4-6-8-10-12-13(3)11-9-7-5-2;1-6-11(5)9-12(7-2)8-10(3)4;3*1-2/h4H,1,3,5-12H2,2H3;9-10H,5-8H2,1-4H3;3*1-2H3/b;12-9+;;;. The van der Waals surface area contributed by atoms with E-state index in [0.29, 0.717) is 0 Å². The van der Waals surface area contributed by atoms with Crippen LogP contribution in [0.4, 0.5) is 0 Å². The summed E-state index contributed by atoms with van der Waals surface area (Å²) in [7, 11) is 0. The Morgan fingerprint density at radius 1 is 0.742 bits per heavy atom. The molecule has 0 heterocycles. The van der Waals surface area contributed by atoms with Crippen LogP contribution in [0.3, 0.4) is 0 Å². The molecule has 31 heavy (non-hydrogen) atoms. The van der Waals surface area contributed by atoms with Gasteiger partial charge in [0.25, 0.3) is 0 Å². The van der Waals surface area contributed by atoms with E-state index in [-0.39, 0.29) is 0 Å². The Labute approximate surface area is 201 Å². The third-order valence-corrected chi connectivity index (χ3v) is 4.31. The molecule has 0 aliphatic heterocycles. The van der Waals surface area contributed by atoms with Gasteiger partial charge in [0, 0.05) is 0 Å². The molecule has 0 aliphatic rings. The van der Waals surface area contributed by atoms with Crippen LogP contribution in [0.25, 0.3) is 0 Å². The number of unbranched alkanes of at least 4 members (excludes halogenated alkanes) is 4. The van der Waals surface area contributed by atoms with Gasteiger partial charge in [0.05, 0.1) is 0 Å². The summed E-state index contributed by atoms with van der Waals surface area (Å²) >= 11 is 0. The molecule has 0 fully saturated rings. The van der Waals surface area contributed by atoms with Crippen LogP contribution in [0.2, 0.25) is 0 Å². The normalized spacial score (nSPS) is 9.48. The van der Waals surface area contributed by atoms with Crippen LogP contribution >= 0.6 is 0 Å². The van der Waals surface area contributed by atoms with E-state index in [9.17, 15) is 0 Å². The highest BCUT2D eigenvalue weighted by molar-refractivity contribution is 5.20. The Morgan fingerprint density at radius 2 is 1.23 bits per heavy atom. The van der Waals surface area contributed by atoms with E-state index in [1.807, 2.05) is 47.6 Å². The molecular formula is C31H64. The highest BCUT2D eigenvalue weighted by atomic mass is 14.0. The fourth-order valence-electron chi connectivity index (χ4n) is 2.63. The van der Waals surface area contributed by atoms with Crippen molar-refractivity contribution in [3.63, 3.8) is 0 Å². The molecule has 0 aromatic carbocycles. The van der Waals surface area contributed by atoms with Crippen molar-refractivity contribution >= 4 is 0 Å². The predicted molar refractivity (Wildman–Crippen MR) is 153 cm³/mol. The van der Waals surface area contributed by atoms with Gasteiger partial charge >= 0.3 is 0 Å². The average molecular weight is 437 g/mol. The second kappa shape index (κ2) is 39.4. The predicted octanol–water partition coefficient (Wildman–Crippen LogP) is 12.3. The van der Waals surface area contributed by atoms with E-state index < -0.39 is 0 Å². The molecule has 0 aromatic heterocycles. The van der Waals surface area contributed by atoms with Crippen molar-refractivity contribution < 1.29 is 0 Å². The minimum Gasteiger partial charge on any atom is -0.103 e. The van der Waals surface area contributed by atoms with Crippen LogP contribution in [-0.2, 0) is 0 Å². The van der Waals surface area contributed by atoms with E-state index in [1.165, 1.54) is 68.1 Å². The maximum absolute atomic E-state index is 4.10. The third-order valence-electron chi connectivity index (χ3n) is 4.31. The van der Waals surface area contributed by atoms with Gasteiger partial charge in [0.1, 0.15) is 0 Å². The summed E-state index contributed by atoms with van der Waals surface area (Å²) < 4.78 is 0. The maximum atomic E-state index is 4.10. The average Bonchev–Trinajstić information content (AvgIpc) is 2.80. The van der Waals surface area contributed by atoms with Gasteiger partial charge in [-0.25, -0.2) is 0 Å². The first kappa shape index (κ1) is 40.3. The number of hydrogen-bond donors (Lipinski definition) is 0. The summed E-state index contributed by atoms with van der Waals surface area (Å²) in [6.45, 7) is 34.9. The summed E-state index contributed by atoms with van der Waals surface area (Å²) in [6, 6.07) is 0. The van der Waals surface area contributed by atoms with Crippen molar-refractivity contribution in [3.05, 3.63) is 48.6 Å². The van der Waals surface area contributed by atoms with Gasteiger partial charge in [-0.1, -0.05) is 131 Å². The van der Waals surface area contributed by atoms with Crippen LogP contribution < -0.4 is 0 Å². The largest absolute Gasteiger partial charge is 0.103 e. The Balaban J connectivity index is -0.000000117. The molecular weight excluding hydrogens is 372 g/mol. The lowest BCUT2D eigenvalue weighted by molar-refractivity contribution is 0.630. The highest BCUT2D eigenvalue weighted by Gasteiger charge is 1.99. The monoisotopic (exact) mass is 437 g/mol. The van der Waals surface area contributed by atoms with Crippen molar-refractivity contribution in [2.45, 2.75) is 147 Å². The van der Waals surface area contributed by atoms with Crippen molar-refractivity contribution in [2.75, 3.05) is 0 Å². The molecule has 0 bridgehead atoms. The Bertz CT molecular complexity index is 367. The first-order valence-corrected chi connectivity index (χ1v) is 13.6. The summed E-state index contributed by atoms with van der Waals surface area (Å²) in [5, 5.41) is 0. The van der Waals surface area contributed by atoms with Crippen LogP contribution in [0.15, 0.2) is 48.6 Å². The number of allylic oxidation sites excluding steroid dienone is 5. The van der Waals surface area contributed by atoms with Gasteiger partial charge in [-0.2, -0.15) is 0 Å². The fourth-order valence-corrected chi connectivity index (χ4v) is 2.63. The van der Waals surface area contributed by atoms with Crippen molar-refractivity contribution in [3.8, 4) is 0 Å². The van der Waals surface area contributed by atoms with Gasteiger partial charge in [0.2, 0.25) is 0 Å². The quantitative estimate of drug-likeness (QED) is 0.144. The first-order valence-electron chi connectivity index (χ1n) is 13.6. The van der Waals surface area contributed by atoms with Crippen LogP contribution in [0.1, 0.15) is 147 Å². The van der Waals surface area contributed by atoms with Crippen LogP contribution in [0, 0.1) is 5.92 Å².